The van der Waals surface area contributed by atoms with Crippen LogP contribution in [0.15, 0.2) is 42.5 Å². The Kier molecular flexibility index (Phi) is 5.79. The van der Waals surface area contributed by atoms with Gasteiger partial charge in [-0.05, 0) is 35.4 Å². The number of hydrogen-bond donors (Lipinski definition) is 2. The molecule has 0 aliphatic rings. The van der Waals surface area contributed by atoms with Crippen LogP contribution in [-0.4, -0.2) is 18.8 Å². The normalized spacial score (nSPS) is 11.7. The molecule has 0 radical (unpaired) electrons. The predicted molar refractivity (Wildman–Crippen MR) is 85.8 cm³/mol. The number of nitriles is 1. The molecule has 22 heavy (non-hydrogen) atoms. The van der Waals surface area contributed by atoms with Crippen LogP contribution in [0.5, 0.6) is 5.75 Å². The van der Waals surface area contributed by atoms with E-state index < -0.39 is 6.10 Å². The van der Waals surface area contributed by atoms with Crippen LogP contribution in [-0.2, 0) is 6.54 Å². The molecule has 114 valence electrons. The number of methoxy groups -OCH3 is 1. The van der Waals surface area contributed by atoms with E-state index in [1.807, 2.05) is 6.07 Å². The zero-order valence-corrected chi connectivity index (χ0v) is 13.0. The zero-order valence-electron chi connectivity index (χ0n) is 12.2. The fraction of sp³-hybridized carbons (Fsp3) is 0.235. The number of hydrogen-bond acceptors (Lipinski definition) is 4. The molecule has 2 aromatic rings. The van der Waals surface area contributed by atoms with E-state index in [1.165, 1.54) is 7.11 Å². The number of rotatable bonds is 6. The zero-order chi connectivity index (χ0) is 15.9. The van der Waals surface area contributed by atoms with E-state index in [4.69, 9.17) is 21.6 Å². The summed E-state index contributed by atoms with van der Waals surface area (Å²) < 4.78 is 5.11. The van der Waals surface area contributed by atoms with Gasteiger partial charge in [0.2, 0.25) is 0 Å². The second-order valence-electron chi connectivity index (χ2n) is 4.84. The molecule has 0 aromatic heterocycles. The summed E-state index contributed by atoms with van der Waals surface area (Å²) in [5, 5.41) is 23.0. The van der Waals surface area contributed by atoms with Gasteiger partial charge in [0.25, 0.3) is 0 Å². The van der Waals surface area contributed by atoms with Crippen LogP contribution >= 0.6 is 11.6 Å². The molecule has 0 bridgehead atoms. The molecule has 2 aromatic carbocycles. The van der Waals surface area contributed by atoms with Gasteiger partial charge in [-0.15, -0.1) is 0 Å². The molecule has 1 atom stereocenters. The number of aliphatic hydroxyl groups excluding tert-OH is 1. The van der Waals surface area contributed by atoms with Gasteiger partial charge in [-0.1, -0.05) is 29.8 Å². The summed E-state index contributed by atoms with van der Waals surface area (Å²) in [6.07, 6.45) is -0.606. The maximum Gasteiger partial charge on any atom is 0.136 e. The molecular formula is C17H17ClN2O2. The van der Waals surface area contributed by atoms with Crippen LogP contribution in [0.1, 0.15) is 22.8 Å². The molecule has 4 nitrogen and oxygen atoms in total. The maximum atomic E-state index is 10.1. The number of halogens is 1. The minimum Gasteiger partial charge on any atom is -0.495 e. The SMILES string of the molecule is COc1ccc(CNCC(O)c2ccc(Cl)cc2)cc1C#N. The Labute approximate surface area is 134 Å². The summed E-state index contributed by atoms with van der Waals surface area (Å²) in [6.45, 7) is 0.971. The van der Waals surface area contributed by atoms with E-state index in [0.717, 1.165) is 11.1 Å². The average Bonchev–Trinajstić information content (AvgIpc) is 2.55. The van der Waals surface area contributed by atoms with E-state index in [9.17, 15) is 5.11 Å². The van der Waals surface area contributed by atoms with Gasteiger partial charge >= 0.3 is 0 Å². The van der Waals surface area contributed by atoms with Crippen LogP contribution in [0.4, 0.5) is 0 Å². The average molecular weight is 317 g/mol. The second-order valence-corrected chi connectivity index (χ2v) is 5.28. The van der Waals surface area contributed by atoms with Gasteiger partial charge in [0, 0.05) is 18.1 Å². The number of nitrogens with one attached hydrogen (secondary N) is 1. The van der Waals surface area contributed by atoms with Crippen LogP contribution in [0.25, 0.3) is 0 Å². The third kappa shape index (κ3) is 4.22. The summed E-state index contributed by atoms with van der Waals surface area (Å²) in [5.74, 6) is 0.562. The molecule has 0 saturated heterocycles. The van der Waals surface area contributed by atoms with Gasteiger partial charge in [0.1, 0.15) is 11.8 Å². The first kappa shape index (κ1) is 16.3. The van der Waals surface area contributed by atoms with E-state index in [-0.39, 0.29) is 0 Å². The quantitative estimate of drug-likeness (QED) is 0.859. The highest BCUT2D eigenvalue weighted by Gasteiger charge is 2.08. The van der Waals surface area contributed by atoms with E-state index >= 15 is 0 Å². The van der Waals surface area contributed by atoms with Crippen molar-refractivity contribution < 1.29 is 9.84 Å². The van der Waals surface area contributed by atoms with Gasteiger partial charge in [-0.2, -0.15) is 5.26 Å². The Bertz CT molecular complexity index is 665. The lowest BCUT2D eigenvalue weighted by molar-refractivity contribution is 0.174. The Morgan fingerprint density at radius 3 is 2.64 bits per heavy atom. The van der Waals surface area contributed by atoms with Crippen molar-refractivity contribution in [1.82, 2.24) is 5.32 Å². The highest BCUT2D eigenvalue weighted by Crippen LogP contribution is 2.19. The number of aliphatic hydroxyl groups is 1. The third-order valence-electron chi connectivity index (χ3n) is 3.31. The van der Waals surface area contributed by atoms with Crippen molar-refractivity contribution in [2.45, 2.75) is 12.6 Å². The smallest absolute Gasteiger partial charge is 0.136 e. The molecule has 0 spiro atoms. The molecule has 2 N–H and O–H groups in total. The second kappa shape index (κ2) is 7.81. The van der Waals surface area contributed by atoms with E-state index in [0.29, 0.717) is 29.4 Å². The molecule has 0 aliphatic carbocycles. The van der Waals surface area contributed by atoms with Crippen LogP contribution in [0.3, 0.4) is 0 Å². The Morgan fingerprint density at radius 1 is 1.27 bits per heavy atom. The van der Waals surface area contributed by atoms with Crippen molar-refractivity contribution in [2.75, 3.05) is 13.7 Å². The minimum atomic E-state index is -0.606. The van der Waals surface area contributed by atoms with Crippen LogP contribution in [0.2, 0.25) is 5.02 Å². The first-order valence-electron chi connectivity index (χ1n) is 6.85. The molecule has 2 rings (SSSR count). The van der Waals surface area contributed by atoms with E-state index in [1.54, 1.807) is 36.4 Å². The van der Waals surface area contributed by atoms with E-state index in [2.05, 4.69) is 11.4 Å². The highest BCUT2D eigenvalue weighted by atomic mass is 35.5. The predicted octanol–water partition coefficient (Wildman–Crippen LogP) is 3.04. The highest BCUT2D eigenvalue weighted by molar-refractivity contribution is 6.30. The maximum absolute atomic E-state index is 10.1. The number of ether oxygens (including phenoxy) is 1. The van der Waals surface area contributed by atoms with Gasteiger partial charge in [-0.25, -0.2) is 0 Å². The molecule has 0 fully saturated rings. The van der Waals surface area contributed by atoms with Crippen molar-refractivity contribution in [3.05, 3.63) is 64.2 Å². The molecule has 5 heteroatoms. The van der Waals surface area contributed by atoms with Crippen molar-refractivity contribution in [2.24, 2.45) is 0 Å². The fourth-order valence-electron chi connectivity index (χ4n) is 2.11. The van der Waals surface area contributed by atoms with Crippen molar-refractivity contribution in [3.63, 3.8) is 0 Å². The Morgan fingerprint density at radius 2 is 2.00 bits per heavy atom. The van der Waals surface area contributed by atoms with Gasteiger partial charge < -0.3 is 15.2 Å². The third-order valence-corrected chi connectivity index (χ3v) is 3.56. The first-order valence-corrected chi connectivity index (χ1v) is 7.23. The topological polar surface area (TPSA) is 65.3 Å². The summed E-state index contributed by atoms with van der Waals surface area (Å²) >= 11 is 5.82. The first-order chi connectivity index (χ1) is 10.6. The van der Waals surface area contributed by atoms with Crippen molar-refractivity contribution >= 4 is 11.6 Å². The Balaban J connectivity index is 1.91. The summed E-state index contributed by atoms with van der Waals surface area (Å²) in [7, 11) is 1.54. The summed E-state index contributed by atoms with van der Waals surface area (Å²) in [5.41, 5.74) is 2.27. The Hall–Kier alpha value is -2.06. The number of benzene rings is 2. The standard InChI is InChI=1S/C17H17ClN2O2/c1-22-17-7-2-12(8-14(17)9-19)10-20-11-16(21)13-3-5-15(18)6-4-13/h2-8,16,20-21H,10-11H2,1H3. The molecule has 0 heterocycles. The molecule has 0 aliphatic heterocycles. The number of nitrogens with zero attached hydrogens (tertiary/aromatic N) is 1. The molecule has 0 amide bonds. The van der Waals surface area contributed by atoms with Crippen LogP contribution in [0, 0.1) is 11.3 Å². The van der Waals surface area contributed by atoms with Crippen molar-refractivity contribution in [1.29, 1.82) is 5.26 Å². The lowest BCUT2D eigenvalue weighted by atomic mass is 10.1. The molecular weight excluding hydrogens is 300 g/mol. The molecule has 1 unspecified atom stereocenters. The van der Waals surface area contributed by atoms with Crippen LogP contribution < -0.4 is 10.1 Å². The summed E-state index contributed by atoms with van der Waals surface area (Å²) in [4.78, 5) is 0. The lowest BCUT2D eigenvalue weighted by Gasteiger charge is -2.13. The van der Waals surface area contributed by atoms with Gasteiger partial charge in [-0.3, -0.25) is 0 Å². The monoisotopic (exact) mass is 316 g/mol. The minimum absolute atomic E-state index is 0.412. The lowest BCUT2D eigenvalue weighted by Crippen LogP contribution is -2.21. The largest absolute Gasteiger partial charge is 0.495 e. The van der Waals surface area contributed by atoms with Crippen molar-refractivity contribution in [3.8, 4) is 11.8 Å². The summed E-state index contributed by atoms with van der Waals surface area (Å²) in [6, 6.07) is 14.6. The van der Waals surface area contributed by atoms with Gasteiger partial charge in [0.05, 0.1) is 18.8 Å². The van der Waals surface area contributed by atoms with Gasteiger partial charge in [0.15, 0.2) is 0 Å². The molecule has 0 saturated carbocycles. The fourth-order valence-corrected chi connectivity index (χ4v) is 2.23.